The second kappa shape index (κ2) is 8.87. The second-order valence-corrected chi connectivity index (χ2v) is 9.18. The number of hydrogen-bond donors (Lipinski definition) is 2. The number of benzene rings is 1. The maximum absolute atomic E-state index is 14.4. The van der Waals surface area contributed by atoms with Crippen LogP contribution in [0.2, 0.25) is 0 Å². The monoisotopic (exact) mass is 421 g/mol. The standard InChI is InChI=1S/C20H24FN3O4S/c1-2-29(27,28)16-7-5-14(6-8-16)18(13-25)23-20(26)15-11-17(21)19(22-12-15)24-9-3-4-10-24/h5-8,11-12,18,25H,2-4,9-10,13H2,1H3,(H,23,26)/t18-/m0/s1. The molecule has 0 bridgehead atoms. The second-order valence-electron chi connectivity index (χ2n) is 6.90. The highest BCUT2D eigenvalue weighted by Gasteiger charge is 2.21. The van der Waals surface area contributed by atoms with Gasteiger partial charge in [-0.05, 0) is 36.6 Å². The van der Waals surface area contributed by atoms with E-state index in [4.69, 9.17) is 0 Å². The zero-order valence-electron chi connectivity index (χ0n) is 16.1. The molecule has 156 valence electrons. The van der Waals surface area contributed by atoms with E-state index >= 15 is 0 Å². The molecule has 0 aliphatic carbocycles. The van der Waals surface area contributed by atoms with Crippen molar-refractivity contribution in [3.8, 4) is 0 Å². The Balaban J connectivity index is 1.73. The summed E-state index contributed by atoms with van der Waals surface area (Å²) < 4.78 is 38.2. The van der Waals surface area contributed by atoms with E-state index in [1.807, 2.05) is 4.90 Å². The number of halogens is 1. The fourth-order valence-corrected chi connectivity index (χ4v) is 4.15. The Labute approximate surface area is 169 Å². The van der Waals surface area contributed by atoms with Crippen molar-refractivity contribution in [1.29, 1.82) is 0 Å². The molecule has 1 saturated heterocycles. The van der Waals surface area contributed by atoms with E-state index in [0.717, 1.165) is 32.0 Å². The van der Waals surface area contributed by atoms with Gasteiger partial charge in [-0.2, -0.15) is 0 Å². The van der Waals surface area contributed by atoms with Gasteiger partial charge in [0.15, 0.2) is 21.5 Å². The number of aliphatic hydroxyl groups is 1. The first-order valence-electron chi connectivity index (χ1n) is 9.50. The summed E-state index contributed by atoms with van der Waals surface area (Å²) >= 11 is 0. The van der Waals surface area contributed by atoms with Crippen LogP contribution in [0.25, 0.3) is 0 Å². The summed E-state index contributed by atoms with van der Waals surface area (Å²) in [7, 11) is -3.33. The normalized spacial score (nSPS) is 15.3. The Morgan fingerprint density at radius 1 is 1.28 bits per heavy atom. The smallest absolute Gasteiger partial charge is 0.253 e. The van der Waals surface area contributed by atoms with Crippen LogP contribution in [0.4, 0.5) is 10.2 Å². The van der Waals surface area contributed by atoms with Crippen LogP contribution >= 0.6 is 0 Å². The van der Waals surface area contributed by atoms with Crippen LogP contribution in [-0.4, -0.2) is 49.9 Å². The largest absolute Gasteiger partial charge is 0.394 e. The van der Waals surface area contributed by atoms with Gasteiger partial charge in [0, 0.05) is 19.3 Å². The lowest BCUT2D eigenvalue weighted by Crippen LogP contribution is -2.31. The van der Waals surface area contributed by atoms with Crippen LogP contribution in [0.1, 0.15) is 41.7 Å². The highest BCUT2D eigenvalue weighted by atomic mass is 32.2. The first-order valence-corrected chi connectivity index (χ1v) is 11.2. The Morgan fingerprint density at radius 3 is 2.48 bits per heavy atom. The number of nitrogens with zero attached hydrogens (tertiary/aromatic N) is 2. The molecule has 0 spiro atoms. The highest BCUT2D eigenvalue weighted by Crippen LogP contribution is 2.22. The van der Waals surface area contributed by atoms with Crippen LogP contribution < -0.4 is 10.2 Å². The van der Waals surface area contributed by atoms with Gasteiger partial charge in [0.2, 0.25) is 0 Å². The van der Waals surface area contributed by atoms with E-state index in [2.05, 4.69) is 10.3 Å². The van der Waals surface area contributed by atoms with Crippen molar-refractivity contribution in [3.05, 3.63) is 53.5 Å². The van der Waals surface area contributed by atoms with Gasteiger partial charge in [0.25, 0.3) is 5.91 Å². The Bertz CT molecular complexity index is 974. The number of sulfone groups is 1. The van der Waals surface area contributed by atoms with Gasteiger partial charge < -0.3 is 15.3 Å². The van der Waals surface area contributed by atoms with Gasteiger partial charge in [-0.15, -0.1) is 0 Å². The number of hydrogen-bond acceptors (Lipinski definition) is 6. The number of aliphatic hydroxyl groups excluding tert-OH is 1. The topological polar surface area (TPSA) is 99.6 Å². The van der Waals surface area contributed by atoms with E-state index in [9.17, 15) is 22.7 Å². The van der Waals surface area contributed by atoms with Crippen LogP contribution in [0.15, 0.2) is 41.4 Å². The molecule has 2 heterocycles. The number of carbonyl (C=O) groups excluding carboxylic acids is 1. The maximum atomic E-state index is 14.4. The Kier molecular flexibility index (Phi) is 6.49. The van der Waals surface area contributed by atoms with E-state index in [1.165, 1.54) is 18.3 Å². The molecule has 1 aromatic carbocycles. The molecule has 9 heteroatoms. The van der Waals surface area contributed by atoms with Gasteiger partial charge in [-0.25, -0.2) is 17.8 Å². The third-order valence-electron chi connectivity index (χ3n) is 5.00. The number of amides is 1. The first kappa shape index (κ1) is 21.2. The highest BCUT2D eigenvalue weighted by molar-refractivity contribution is 7.91. The average Bonchev–Trinajstić information content (AvgIpc) is 3.26. The summed E-state index contributed by atoms with van der Waals surface area (Å²) in [4.78, 5) is 18.6. The van der Waals surface area contributed by atoms with E-state index < -0.39 is 34.2 Å². The average molecular weight is 421 g/mol. The lowest BCUT2D eigenvalue weighted by Gasteiger charge is -2.19. The van der Waals surface area contributed by atoms with Crippen molar-refractivity contribution in [2.24, 2.45) is 0 Å². The molecule has 0 saturated carbocycles. The molecule has 1 amide bonds. The van der Waals surface area contributed by atoms with Gasteiger partial charge in [0.05, 0.1) is 28.9 Å². The van der Waals surface area contributed by atoms with Crippen LogP contribution in [0, 0.1) is 5.82 Å². The molecular formula is C20H24FN3O4S. The number of pyridine rings is 1. The molecule has 1 fully saturated rings. The van der Waals surface area contributed by atoms with E-state index in [-0.39, 0.29) is 22.0 Å². The predicted octanol–water partition coefficient (Wildman–Crippen LogP) is 2.08. The molecular weight excluding hydrogens is 397 g/mol. The fourth-order valence-electron chi connectivity index (χ4n) is 3.27. The molecule has 0 unspecified atom stereocenters. The number of nitrogens with one attached hydrogen (secondary N) is 1. The van der Waals surface area contributed by atoms with Gasteiger partial charge in [-0.3, -0.25) is 4.79 Å². The summed E-state index contributed by atoms with van der Waals surface area (Å²) in [5.74, 6) is -0.910. The van der Waals surface area contributed by atoms with Crippen molar-refractivity contribution < 1.29 is 22.7 Å². The summed E-state index contributed by atoms with van der Waals surface area (Å²) in [6, 6.07) is 6.34. The lowest BCUT2D eigenvalue weighted by molar-refractivity contribution is 0.0915. The molecule has 1 atom stereocenters. The SMILES string of the molecule is CCS(=O)(=O)c1ccc([C@H](CO)NC(=O)c2cnc(N3CCCC3)c(F)c2)cc1. The zero-order chi connectivity index (χ0) is 21.0. The van der Waals surface area contributed by atoms with Crippen molar-refractivity contribution in [2.45, 2.75) is 30.7 Å². The molecule has 0 radical (unpaired) electrons. The maximum Gasteiger partial charge on any atom is 0.253 e. The lowest BCUT2D eigenvalue weighted by atomic mass is 10.1. The van der Waals surface area contributed by atoms with Crippen molar-refractivity contribution in [2.75, 3.05) is 30.3 Å². The molecule has 3 rings (SSSR count). The molecule has 1 aromatic heterocycles. The third-order valence-corrected chi connectivity index (χ3v) is 6.75. The number of aromatic nitrogens is 1. The Morgan fingerprint density at radius 2 is 1.93 bits per heavy atom. The van der Waals surface area contributed by atoms with Crippen LogP contribution in [0.5, 0.6) is 0 Å². The molecule has 2 aromatic rings. The molecule has 2 N–H and O–H groups in total. The number of anilines is 1. The Hall–Kier alpha value is -2.52. The molecule has 7 nitrogen and oxygen atoms in total. The number of carbonyl (C=O) groups is 1. The summed E-state index contributed by atoms with van der Waals surface area (Å²) in [6.07, 6.45) is 3.29. The van der Waals surface area contributed by atoms with Crippen LogP contribution in [-0.2, 0) is 9.84 Å². The van der Waals surface area contributed by atoms with E-state index in [1.54, 1.807) is 19.1 Å². The van der Waals surface area contributed by atoms with Gasteiger partial charge >= 0.3 is 0 Å². The minimum atomic E-state index is -3.33. The van der Waals surface area contributed by atoms with Gasteiger partial charge in [0.1, 0.15) is 0 Å². The molecule has 1 aliphatic heterocycles. The van der Waals surface area contributed by atoms with E-state index in [0.29, 0.717) is 5.56 Å². The van der Waals surface area contributed by atoms with Crippen LogP contribution in [0.3, 0.4) is 0 Å². The third kappa shape index (κ3) is 4.73. The number of rotatable bonds is 7. The minimum Gasteiger partial charge on any atom is -0.394 e. The molecule has 29 heavy (non-hydrogen) atoms. The van der Waals surface area contributed by atoms with Crippen molar-refractivity contribution in [3.63, 3.8) is 0 Å². The summed E-state index contributed by atoms with van der Waals surface area (Å²) in [5, 5.41) is 12.3. The summed E-state index contributed by atoms with van der Waals surface area (Å²) in [6.45, 7) is 2.65. The van der Waals surface area contributed by atoms with Gasteiger partial charge in [-0.1, -0.05) is 19.1 Å². The predicted molar refractivity (Wildman–Crippen MR) is 107 cm³/mol. The molecule has 1 aliphatic rings. The first-order chi connectivity index (χ1) is 13.9. The quantitative estimate of drug-likeness (QED) is 0.710. The fraction of sp³-hybridized carbons (Fsp3) is 0.400. The minimum absolute atomic E-state index is 0.0154. The summed E-state index contributed by atoms with van der Waals surface area (Å²) in [5.41, 5.74) is 0.590. The van der Waals surface area contributed by atoms with Crippen molar-refractivity contribution in [1.82, 2.24) is 10.3 Å². The van der Waals surface area contributed by atoms with Crippen molar-refractivity contribution >= 4 is 21.6 Å². The zero-order valence-corrected chi connectivity index (χ0v) is 17.0.